The van der Waals surface area contributed by atoms with E-state index in [2.05, 4.69) is 35.3 Å². The molecule has 1 aromatic carbocycles. The van der Waals surface area contributed by atoms with E-state index >= 15 is 0 Å². The highest BCUT2D eigenvalue weighted by atomic mass is 19.1. The number of aromatic hydroxyl groups is 1. The highest BCUT2D eigenvalue weighted by Crippen LogP contribution is 2.32. The van der Waals surface area contributed by atoms with Crippen LogP contribution < -0.4 is 0 Å². The molecule has 9 nitrogen and oxygen atoms in total. The standard InChI is InChI=1S/C21H13FN8O/c22-12-5-10(6-13(31)7-12)17-18-15(3-4-23-17)27-21(28-18)20-19-16(29-30-20)2-1-14(26-19)11-8-24-25-9-11/h1-9,31H,(H,24,25)(H,27,28)(H,29,30). The second-order valence-electron chi connectivity index (χ2n) is 6.99. The Morgan fingerprint density at radius 2 is 1.81 bits per heavy atom. The van der Waals surface area contributed by atoms with Crippen molar-refractivity contribution in [2.45, 2.75) is 0 Å². The Morgan fingerprint density at radius 1 is 0.903 bits per heavy atom. The summed E-state index contributed by atoms with van der Waals surface area (Å²) in [6, 6.07) is 9.34. The lowest BCUT2D eigenvalue weighted by atomic mass is 10.1. The van der Waals surface area contributed by atoms with E-state index < -0.39 is 5.82 Å². The molecule has 6 rings (SSSR count). The Kier molecular flexibility index (Phi) is 3.60. The number of phenols is 1. The zero-order chi connectivity index (χ0) is 20.9. The fourth-order valence-electron chi connectivity index (χ4n) is 3.59. The van der Waals surface area contributed by atoms with Crippen LogP contribution >= 0.6 is 0 Å². The number of nitrogens with zero attached hydrogens (tertiary/aromatic N) is 5. The van der Waals surface area contributed by atoms with Gasteiger partial charge < -0.3 is 10.1 Å². The molecule has 6 aromatic rings. The number of phenolic OH excluding ortho intramolecular Hbond substituents is 1. The first-order valence-corrected chi connectivity index (χ1v) is 9.35. The Balaban J connectivity index is 1.53. The summed E-state index contributed by atoms with van der Waals surface area (Å²) < 4.78 is 13.8. The molecule has 0 unspecified atom stereocenters. The molecule has 5 heterocycles. The normalized spacial score (nSPS) is 11.5. The Hall–Kier alpha value is -4.60. The van der Waals surface area contributed by atoms with Crippen molar-refractivity contribution in [2.24, 2.45) is 0 Å². The third-order valence-corrected chi connectivity index (χ3v) is 4.98. The van der Waals surface area contributed by atoms with E-state index in [1.807, 2.05) is 12.1 Å². The summed E-state index contributed by atoms with van der Waals surface area (Å²) in [6.45, 7) is 0. The number of hydrogen-bond donors (Lipinski definition) is 4. The minimum absolute atomic E-state index is 0.182. The van der Waals surface area contributed by atoms with Crippen molar-refractivity contribution in [1.29, 1.82) is 0 Å². The second-order valence-corrected chi connectivity index (χ2v) is 6.99. The fourth-order valence-corrected chi connectivity index (χ4v) is 3.59. The monoisotopic (exact) mass is 412 g/mol. The van der Waals surface area contributed by atoms with Crippen molar-refractivity contribution in [3.63, 3.8) is 0 Å². The zero-order valence-electron chi connectivity index (χ0n) is 15.8. The number of nitrogens with one attached hydrogen (secondary N) is 3. The molecule has 10 heteroatoms. The van der Waals surface area contributed by atoms with Gasteiger partial charge in [-0.3, -0.25) is 15.2 Å². The van der Waals surface area contributed by atoms with Gasteiger partial charge in [0.25, 0.3) is 0 Å². The van der Waals surface area contributed by atoms with E-state index in [0.29, 0.717) is 39.3 Å². The van der Waals surface area contributed by atoms with Gasteiger partial charge in [-0.25, -0.2) is 14.4 Å². The van der Waals surface area contributed by atoms with Crippen molar-refractivity contribution < 1.29 is 9.50 Å². The lowest BCUT2D eigenvalue weighted by Gasteiger charge is -2.03. The number of rotatable bonds is 3. The molecule has 150 valence electrons. The molecule has 0 saturated heterocycles. The lowest BCUT2D eigenvalue weighted by Crippen LogP contribution is -1.87. The van der Waals surface area contributed by atoms with Gasteiger partial charge in [-0.15, -0.1) is 0 Å². The molecule has 31 heavy (non-hydrogen) atoms. The summed E-state index contributed by atoms with van der Waals surface area (Å²) in [6.07, 6.45) is 5.06. The molecule has 0 atom stereocenters. The van der Waals surface area contributed by atoms with Gasteiger partial charge in [-0.05, 0) is 30.3 Å². The van der Waals surface area contributed by atoms with Crippen molar-refractivity contribution >= 4 is 22.1 Å². The molecule has 0 aliphatic rings. The van der Waals surface area contributed by atoms with Crippen LogP contribution in [0.5, 0.6) is 5.75 Å². The third kappa shape index (κ3) is 2.81. The van der Waals surface area contributed by atoms with E-state index in [1.54, 1.807) is 24.7 Å². The number of hydrogen-bond acceptors (Lipinski definition) is 6. The number of benzene rings is 1. The number of fused-ring (bicyclic) bond motifs is 2. The van der Waals surface area contributed by atoms with E-state index in [0.717, 1.165) is 22.8 Å². The van der Waals surface area contributed by atoms with Crippen LogP contribution in [0.15, 0.2) is 55.0 Å². The van der Waals surface area contributed by atoms with Gasteiger partial charge in [0.2, 0.25) is 0 Å². The molecular weight excluding hydrogens is 399 g/mol. The molecule has 0 saturated carbocycles. The minimum Gasteiger partial charge on any atom is -0.508 e. The van der Waals surface area contributed by atoms with Crippen molar-refractivity contribution in [1.82, 2.24) is 40.3 Å². The molecule has 0 aliphatic heterocycles. The molecule has 0 radical (unpaired) electrons. The van der Waals surface area contributed by atoms with E-state index in [-0.39, 0.29) is 5.75 Å². The number of H-pyrrole nitrogens is 3. The number of aromatic nitrogens is 8. The van der Waals surface area contributed by atoms with Gasteiger partial charge in [0.05, 0.1) is 28.6 Å². The van der Waals surface area contributed by atoms with E-state index in [1.165, 1.54) is 12.1 Å². The van der Waals surface area contributed by atoms with Crippen LogP contribution in [-0.4, -0.2) is 45.4 Å². The first-order chi connectivity index (χ1) is 15.2. The number of aromatic amines is 3. The summed E-state index contributed by atoms with van der Waals surface area (Å²) in [5.41, 5.74) is 5.66. The second kappa shape index (κ2) is 6.46. The summed E-state index contributed by atoms with van der Waals surface area (Å²) >= 11 is 0. The van der Waals surface area contributed by atoms with Crippen LogP contribution in [0.2, 0.25) is 0 Å². The maximum atomic E-state index is 13.8. The summed E-state index contributed by atoms with van der Waals surface area (Å²) in [5, 5.41) is 23.9. The van der Waals surface area contributed by atoms with Crippen LogP contribution in [-0.2, 0) is 0 Å². The highest BCUT2D eigenvalue weighted by molar-refractivity contribution is 5.95. The van der Waals surface area contributed by atoms with Crippen molar-refractivity contribution in [3.8, 4) is 39.8 Å². The van der Waals surface area contributed by atoms with E-state index in [9.17, 15) is 9.50 Å². The molecule has 4 N–H and O–H groups in total. The molecule has 0 amide bonds. The molecular formula is C21H13FN8O. The van der Waals surface area contributed by atoms with Gasteiger partial charge in [0.1, 0.15) is 22.6 Å². The number of halogens is 1. The molecule has 0 aliphatic carbocycles. The van der Waals surface area contributed by atoms with Crippen LogP contribution in [0.25, 0.3) is 56.1 Å². The fraction of sp³-hybridized carbons (Fsp3) is 0. The Labute approximate surface area is 173 Å². The topological polar surface area (TPSA) is 132 Å². The highest BCUT2D eigenvalue weighted by Gasteiger charge is 2.18. The van der Waals surface area contributed by atoms with Crippen LogP contribution in [0, 0.1) is 5.82 Å². The minimum atomic E-state index is -0.557. The Bertz CT molecular complexity index is 1550. The number of pyridine rings is 2. The van der Waals surface area contributed by atoms with E-state index in [4.69, 9.17) is 4.98 Å². The van der Waals surface area contributed by atoms with Gasteiger partial charge in [0.15, 0.2) is 11.5 Å². The Morgan fingerprint density at radius 3 is 2.65 bits per heavy atom. The average Bonchev–Trinajstić information content (AvgIpc) is 3.50. The first-order valence-electron chi connectivity index (χ1n) is 9.35. The van der Waals surface area contributed by atoms with Crippen LogP contribution in [0.1, 0.15) is 0 Å². The molecule has 0 fully saturated rings. The molecule has 0 spiro atoms. The largest absolute Gasteiger partial charge is 0.508 e. The van der Waals surface area contributed by atoms with Gasteiger partial charge in [-0.1, -0.05) is 0 Å². The maximum absolute atomic E-state index is 13.8. The molecule has 5 aromatic heterocycles. The third-order valence-electron chi connectivity index (χ3n) is 4.98. The van der Waals surface area contributed by atoms with Gasteiger partial charge in [0, 0.05) is 29.6 Å². The van der Waals surface area contributed by atoms with Crippen molar-refractivity contribution in [2.75, 3.05) is 0 Å². The van der Waals surface area contributed by atoms with Crippen LogP contribution in [0.4, 0.5) is 4.39 Å². The zero-order valence-corrected chi connectivity index (χ0v) is 15.8. The number of imidazole rings is 1. The SMILES string of the molecule is Oc1cc(F)cc(-c2nccc3[nH]c(-c4n[nH]c5ccc(-c6cn[nH]c6)nc45)nc23)c1. The predicted octanol–water partition coefficient (Wildman–Crippen LogP) is 3.80. The van der Waals surface area contributed by atoms with Gasteiger partial charge in [-0.2, -0.15) is 10.2 Å². The van der Waals surface area contributed by atoms with Crippen LogP contribution in [0.3, 0.4) is 0 Å². The average molecular weight is 412 g/mol. The predicted molar refractivity (Wildman–Crippen MR) is 111 cm³/mol. The summed E-state index contributed by atoms with van der Waals surface area (Å²) in [5.74, 6) is -0.245. The summed E-state index contributed by atoms with van der Waals surface area (Å²) in [4.78, 5) is 17.0. The first kappa shape index (κ1) is 17.3. The smallest absolute Gasteiger partial charge is 0.161 e. The maximum Gasteiger partial charge on any atom is 0.161 e. The lowest BCUT2D eigenvalue weighted by molar-refractivity contribution is 0.469. The summed E-state index contributed by atoms with van der Waals surface area (Å²) in [7, 11) is 0. The quantitative estimate of drug-likeness (QED) is 0.350. The molecule has 0 bridgehead atoms. The van der Waals surface area contributed by atoms with Gasteiger partial charge >= 0.3 is 0 Å². The van der Waals surface area contributed by atoms with Crippen molar-refractivity contribution in [3.05, 3.63) is 60.8 Å².